The highest BCUT2D eigenvalue weighted by Gasteiger charge is 2.30. The second-order valence-corrected chi connectivity index (χ2v) is 9.53. The van der Waals surface area contributed by atoms with Crippen molar-refractivity contribution in [3.05, 3.63) is 71.0 Å². The van der Waals surface area contributed by atoms with E-state index in [4.69, 9.17) is 0 Å². The molecule has 6 heteroatoms. The molecular weight excluding hydrogens is 423 g/mol. The molecule has 0 heterocycles. The summed E-state index contributed by atoms with van der Waals surface area (Å²) in [5.74, 6) is 0.527. The maximum Gasteiger partial charge on any atom is 0.243 e. The van der Waals surface area contributed by atoms with E-state index in [0.717, 1.165) is 42.4 Å². The lowest BCUT2D eigenvalue weighted by Gasteiger charge is -2.31. The van der Waals surface area contributed by atoms with Crippen molar-refractivity contribution in [2.45, 2.75) is 70.3 Å². The summed E-state index contributed by atoms with van der Waals surface area (Å²) in [6.45, 7) is 4.40. The molecule has 0 aromatic heterocycles. The summed E-state index contributed by atoms with van der Waals surface area (Å²) in [6.07, 6.45) is 4.89. The zero-order chi connectivity index (χ0) is 22.9. The Balaban J connectivity index is 1.68. The zero-order valence-corrected chi connectivity index (χ0v) is 19.8. The average molecular weight is 457 g/mol. The summed E-state index contributed by atoms with van der Waals surface area (Å²) in [5, 5.41) is 3.17. The quantitative estimate of drug-likeness (QED) is 0.532. The maximum absolute atomic E-state index is 13.3. The zero-order valence-electron chi connectivity index (χ0n) is 19.0. The van der Waals surface area contributed by atoms with Crippen molar-refractivity contribution in [3.63, 3.8) is 0 Å². The lowest BCUT2D eigenvalue weighted by Crippen LogP contribution is -2.51. The molecule has 1 atom stereocenters. The first-order chi connectivity index (χ1) is 15.5. The number of nitrogens with zero attached hydrogens (tertiary/aromatic N) is 1. The average Bonchev–Trinajstić information content (AvgIpc) is 3.29. The van der Waals surface area contributed by atoms with Gasteiger partial charge in [-0.25, -0.2) is 4.39 Å². The van der Waals surface area contributed by atoms with E-state index >= 15 is 0 Å². The van der Waals surface area contributed by atoms with E-state index in [1.165, 1.54) is 23.9 Å². The third-order valence-electron chi connectivity index (χ3n) is 5.97. The van der Waals surface area contributed by atoms with Crippen LogP contribution in [0.4, 0.5) is 4.39 Å². The number of halogens is 1. The minimum absolute atomic E-state index is 0.0499. The van der Waals surface area contributed by atoms with Crippen molar-refractivity contribution >= 4 is 23.6 Å². The summed E-state index contributed by atoms with van der Waals surface area (Å²) < 4.78 is 13.1. The number of rotatable bonds is 10. The number of benzene rings is 2. The number of nitrogens with one attached hydrogen (secondary N) is 1. The molecule has 1 aliphatic carbocycles. The fourth-order valence-electron chi connectivity index (χ4n) is 4.10. The van der Waals surface area contributed by atoms with E-state index in [1.54, 1.807) is 17.0 Å². The minimum Gasteiger partial charge on any atom is -0.352 e. The van der Waals surface area contributed by atoms with Gasteiger partial charge in [-0.15, -0.1) is 11.8 Å². The molecule has 0 aliphatic heterocycles. The van der Waals surface area contributed by atoms with E-state index < -0.39 is 6.04 Å². The second kappa shape index (κ2) is 12.0. The molecule has 4 nitrogen and oxygen atoms in total. The van der Waals surface area contributed by atoms with Gasteiger partial charge in [0.15, 0.2) is 0 Å². The number of amides is 2. The number of aryl methyl sites for hydroxylation is 1. The van der Waals surface area contributed by atoms with E-state index in [2.05, 4.69) is 5.32 Å². The van der Waals surface area contributed by atoms with Gasteiger partial charge in [0.25, 0.3) is 0 Å². The Hall–Kier alpha value is -2.34. The summed E-state index contributed by atoms with van der Waals surface area (Å²) in [7, 11) is 0. The molecule has 0 unspecified atom stereocenters. The highest BCUT2D eigenvalue weighted by molar-refractivity contribution is 7.99. The van der Waals surface area contributed by atoms with Gasteiger partial charge in [-0.1, -0.05) is 61.7 Å². The van der Waals surface area contributed by atoms with E-state index in [1.807, 2.05) is 38.1 Å². The molecule has 32 heavy (non-hydrogen) atoms. The van der Waals surface area contributed by atoms with E-state index in [9.17, 15) is 14.0 Å². The summed E-state index contributed by atoms with van der Waals surface area (Å²) in [6, 6.07) is 14.2. The van der Waals surface area contributed by atoms with E-state index in [-0.39, 0.29) is 29.4 Å². The third kappa shape index (κ3) is 7.09. The largest absolute Gasteiger partial charge is 0.352 e. The Bertz CT molecular complexity index is 880. The normalized spacial score (nSPS) is 14.8. The first-order valence-electron chi connectivity index (χ1n) is 11.4. The Kier molecular flexibility index (Phi) is 9.15. The van der Waals surface area contributed by atoms with Crippen molar-refractivity contribution in [1.82, 2.24) is 10.2 Å². The number of carbonyl (C=O) groups is 2. The van der Waals surface area contributed by atoms with Crippen LogP contribution in [-0.4, -0.2) is 34.6 Å². The van der Waals surface area contributed by atoms with Crippen LogP contribution in [0.1, 0.15) is 55.7 Å². The first kappa shape index (κ1) is 24.3. The molecule has 2 amide bonds. The van der Waals surface area contributed by atoms with Gasteiger partial charge in [-0.3, -0.25) is 9.59 Å². The van der Waals surface area contributed by atoms with Crippen molar-refractivity contribution in [2.75, 3.05) is 5.75 Å². The van der Waals surface area contributed by atoms with Crippen LogP contribution in [-0.2, 0) is 21.9 Å². The van der Waals surface area contributed by atoms with Gasteiger partial charge in [0.1, 0.15) is 11.9 Å². The van der Waals surface area contributed by atoms with E-state index in [0.29, 0.717) is 18.7 Å². The van der Waals surface area contributed by atoms with Gasteiger partial charge in [-0.2, -0.15) is 0 Å². The molecule has 0 radical (unpaired) electrons. The fraction of sp³-hybridized carbons (Fsp3) is 0.462. The SMILES string of the molecule is CC[C@H](C(=O)NC1CCCC1)N(Cc1ccc(C)cc1)C(=O)CSCc1ccc(F)cc1. The number of hydrogen-bond acceptors (Lipinski definition) is 3. The smallest absolute Gasteiger partial charge is 0.243 e. The van der Waals surface area contributed by atoms with Gasteiger partial charge in [-0.05, 0) is 49.4 Å². The molecule has 1 fully saturated rings. The fourth-order valence-corrected chi connectivity index (χ4v) is 4.97. The second-order valence-electron chi connectivity index (χ2n) is 8.54. The van der Waals surface area contributed by atoms with Crippen molar-refractivity contribution in [1.29, 1.82) is 0 Å². The molecule has 1 aliphatic rings. The molecule has 1 N–H and O–H groups in total. The number of thioether (sulfide) groups is 1. The van der Waals surface area contributed by atoms with Crippen LogP contribution in [0.3, 0.4) is 0 Å². The summed E-state index contributed by atoms with van der Waals surface area (Å²) in [5.41, 5.74) is 3.15. The third-order valence-corrected chi connectivity index (χ3v) is 6.96. The molecule has 0 bridgehead atoms. The standard InChI is InChI=1S/C26H33FN2O2S/c1-3-24(26(31)28-23-6-4-5-7-23)29(16-20-10-8-19(2)9-11-20)25(30)18-32-17-21-12-14-22(27)15-13-21/h8-15,23-24H,3-7,16-18H2,1-2H3,(H,28,31)/t24-/m1/s1. The molecule has 0 saturated heterocycles. The van der Waals surface area contributed by atoms with Gasteiger partial charge in [0, 0.05) is 18.3 Å². The van der Waals surface area contributed by atoms with Crippen LogP contribution in [0.2, 0.25) is 0 Å². The van der Waals surface area contributed by atoms with Crippen LogP contribution in [0, 0.1) is 12.7 Å². The first-order valence-corrected chi connectivity index (χ1v) is 12.6. The van der Waals surface area contributed by atoms with Gasteiger partial charge in [0.2, 0.25) is 11.8 Å². The Morgan fingerprint density at radius 3 is 2.31 bits per heavy atom. The lowest BCUT2D eigenvalue weighted by atomic mass is 10.1. The predicted molar refractivity (Wildman–Crippen MR) is 129 cm³/mol. The Labute approximate surface area is 195 Å². The predicted octanol–water partition coefficient (Wildman–Crippen LogP) is 5.23. The minimum atomic E-state index is -0.490. The van der Waals surface area contributed by atoms with Crippen molar-refractivity contribution in [3.8, 4) is 0 Å². The van der Waals surface area contributed by atoms with Crippen LogP contribution in [0.5, 0.6) is 0 Å². The van der Waals surface area contributed by atoms with Gasteiger partial charge in [0.05, 0.1) is 5.75 Å². The number of hydrogen-bond donors (Lipinski definition) is 1. The Morgan fingerprint density at radius 1 is 1.06 bits per heavy atom. The maximum atomic E-state index is 13.3. The highest BCUT2D eigenvalue weighted by atomic mass is 32.2. The molecule has 172 valence electrons. The molecule has 2 aromatic carbocycles. The molecule has 0 spiro atoms. The van der Waals surface area contributed by atoms with Crippen LogP contribution in [0.15, 0.2) is 48.5 Å². The Morgan fingerprint density at radius 2 is 1.69 bits per heavy atom. The van der Waals surface area contributed by atoms with Gasteiger partial charge >= 0.3 is 0 Å². The molecule has 1 saturated carbocycles. The number of carbonyl (C=O) groups excluding carboxylic acids is 2. The lowest BCUT2D eigenvalue weighted by molar-refractivity contribution is -0.139. The summed E-state index contributed by atoms with van der Waals surface area (Å²) in [4.78, 5) is 28.1. The van der Waals surface area contributed by atoms with Crippen LogP contribution < -0.4 is 5.32 Å². The highest BCUT2D eigenvalue weighted by Crippen LogP contribution is 2.21. The van der Waals surface area contributed by atoms with Crippen molar-refractivity contribution in [2.24, 2.45) is 0 Å². The topological polar surface area (TPSA) is 49.4 Å². The van der Waals surface area contributed by atoms with Crippen LogP contribution >= 0.6 is 11.8 Å². The molecular formula is C26H33FN2O2S. The van der Waals surface area contributed by atoms with Crippen molar-refractivity contribution < 1.29 is 14.0 Å². The van der Waals surface area contributed by atoms with Gasteiger partial charge < -0.3 is 10.2 Å². The summed E-state index contributed by atoms with van der Waals surface area (Å²) >= 11 is 1.49. The van der Waals surface area contributed by atoms with Crippen LogP contribution in [0.25, 0.3) is 0 Å². The molecule has 3 rings (SSSR count). The molecule has 2 aromatic rings. The monoisotopic (exact) mass is 456 g/mol.